The van der Waals surface area contributed by atoms with Gasteiger partial charge in [0.25, 0.3) is 0 Å². The molecule has 39 heavy (non-hydrogen) atoms. The van der Waals surface area contributed by atoms with E-state index < -0.39 is 66.8 Å². The Morgan fingerprint density at radius 3 is 1.59 bits per heavy atom. The number of nitrogens with one attached hydrogen (secondary N) is 3. The fourth-order valence-corrected chi connectivity index (χ4v) is 3.47. The van der Waals surface area contributed by atoms with Crippen LogP contribution in [0.5, 0.6) is 11.5 Å². The number of aliphatic hydroxyl groups excluding tert-OH is 1. The average Bonchev–Trinajstić information content (AvgIpc) is 2.88. The average molecular weight is 546 g/mol. The van der Waals surface area contributed by atoms with Crippen LogP contribution in [0.2, 0.25) is 0 Å². The van der Waals surface area contributed by atoms with Crippen LogP contribution in [-0.2, 0) is 36.8 Å². The van der Waals surface area contributed by atoms with Crippen LogP contribution in [0.15, 0.2) is 48.5 Å². The predicted octanol–water partition coefficient (Wildman–Crippen LogP) is -2.38. The van der Waals surface area contributed by atoms with Crippen molar-refractivity contribution in [1.82, 2.24) is 16.0 Å². The molecule has 0 saturated carbocycles. The number of carboxylic acid groups (broad SMARTS) is 1. The fraction of sp³-hybridized carbons (Fsp3) is 0.320. The van der Waals surface area contributed by atoms with Gasteiger partial charge in [0.1, 0.15) is 29.6 Å². The lowest BCUT2D eigenvalue weighted by molar-refractivity contribution is -0.144. The summed E-state index contributed by atoms with van der Waals surface area (Å²) in [4.78, 5) is 60.9. The van der Waals surface area contributed by atoms with Crippen LogP contribution in [0.1, 0.15) is 17.5 Å². The normalized spacial score (nSPS) is 13.8. The second-order valence-corrected chi connectivity index (χ2v) is 8.72. The van der Waals surface area contributed by atoms with Gasteiger partial charge < -0.3 is 47.8 Å². The molecule has 0 saturated heterocycles. The summed E-state index contributed by atoms with van der Waals surface area (Å²) in [6, 6.07) is 6.08. The molecule has 14 nitrogen and oxygen atoms in total. The maximum absolute atomic E-state index is 13.1. The molecule has 2 aromatic rings. The molecule has 4 unspecified atom stereocenters. The molecule has 210 valence electrons. The molecule has 0 heterocycles. The molecule has 0 bridgehead atoms. The molecule has 0 aliphatic carbocycles. The number of phenolic OH excluding ortho intramolecular Hbond substituents is 2. The molecule has 11 N–H and O–H groups in total. The minimum Gasteiger partial charge on any atom is -0.508 e. The molecule has 0 aliphatic rings. The summed E-state index contributed by atoms with van der Waals surface area (Å²) < 4.78 is 0. The lowest BCUT2D eigenvalue weighted by atomic mass is 10.0. The lowest BCUT2D eigenvalue weighted by Crippen LogP contribution is -2.58. The van der Waals surface area contributed by atoms with Gasteiger partial charge in [0.2, 0.25) is 23.6 Å². The minimum absolute atomic E-state index is 0.0272. The van der Waals surface area contributed by atoms with Crippen molar-refractivity contribution in [2.24, 2.45) is 11.5 Å². The molecule has 4 atom stereocenters. The largest absolute Gasteiger partial charge is 0.508 e. The first-order valence-electron chi connectivity index (χ1n) is 11.7. The quantitative estimate of drug-likeness (QED) is 0.122. The summed E-state index contributed by atoms with van der Waals surface area (Å²) in [6.45, 7) is -0.930. The smallest absolute Gasteiger partial charge is 0.326 e. The number of phenols is 2. The van der Waals surface area contributed by atoms with Crippen LogP contribution in [0, 0.1) is 0 Å². The van der Waals surface area contributed by atoms with Crippen LogP contribution in [0.25, 0.3) is 0 Å². The number of carbonyl (C=O) groups is 5. The van der Waals surface area contributed by atoms with E-state index in [2.05, 4.69) is 10.6 Å². The van der Waals surface area contributed by atoms with E-state index in [1.807, 2.05) is 5.32 Å². The maximum atomic E-state index is 13.1. The molecule has 0 spiro atoms. The van der Waals surface area contributed by atoms with Gasteiger partial charge in [-0.15, -0.1) is 0 Å². The van der Waals surface area contributed by atoms with E-state index in [-0.39, 0.29) is 24.3 Å². The third-order valence-corrected chi connectivity index (χ3v) is 5.57. The highest BCUT2D eigenvalue weighted by molar-refractivity contribution is 5.95. The Bertz CT molecular complexity index is 1170. The third-order valence-electron chi connectivity index (χ3n) is 5.57. The van der Waals surface area contributed by atoms with Crippen LogP contribution < -0.4 is 27.4 Å². The number of benzene rings is 2. The lowest BCUT2D eigenvalue weighted by Gasteiger charge is -2.24. The highest BCUT2D eigenvalue weighted by Gasteiger charge is 2.30. The Kier molecular flexibility index (Phi) is 11.2. The number of rotatable bonds is 14. The van der Waals surface area contributed by atoms with E-state index in [0.29, 0.717) is 11.1 Å². The maximum Gasteiger partial charge on any atom is 0.326 e. The summed E-state index contributed by atoms with van der Waals surface area (Å²) >= 11 is 0. The number of hydrogen-bond donors (Lipinski definition) is 9. The molecule has 0 radical (unpaired) electrons. The number of nitrogens with two attached hydrogens (primary N) is 2. The van der Waals surface area contributed by atoms with Crippen molar-refractivity contribution in [3.05, 3.63) is 59.7 Å². The number of carbonyl (C=O) groups excluding carboxylic acids is 4. The third kappa shape index (κ3) is 9.94. The summed E-state index contributed by atoms with van der Waals surface area (Å²) in [5.74, 6) is -5.24. The van der Waals surface area contributed by atoms with E-state index >= 15 is 0 Å². The number of primary amides is 1. The van der Waals surface area contributed by atoms with Gasteiger partial charge in [-0.25, -0.2) is 4.79 Å². The van der Waals surface area contributed by atoms with Crippen molar-refractivity contribution in [3.63, 3.8) is 0 Å². The van der Waals surface area contributed by atoms with Crippen LogP contribution in [-0.4, -0.2) is 80.8 Å². The van der Waals surface area contributed by atoms with Crippen LogP contribution in [0.4, 0.5) is 0 Å². The van der Waals surface area contributed by atoms with Crippen molar-refractivity contribution < 1.29 is 44.4 Å². The second kappa shape index (κ2) is 14.3. The van der Waals surface area contributed by atoms with E-state index in [1.54, 1.807) is 12.1 Å². The molecule has 2 aromatic carbocycles. The van der Waals surface area contributed by atoms with Gasteiger partial charge in [-0.3, -0.25) is 19.2 Å². The van der Waals surface area contributed by atoms with Gasteiger partial charge in [0.05, 0.1) is 19.1 Å². The molecular formula is C25H31N5O9. The molecule has 2 rings (SSSR count). The monoisotopic (exact) mass is 545 g/mol. The Morgan fingerprint density at radius 2 is 1.13 bits per heavy atom. The molecule has 14 heteroatoms. The summed E-state index contributed by atoms with van der Waals surface area (Å²) in [5.41, 5.74) is 12.2. The van der Waals surface area contributed by atoms with Crippen molar-refractivity contribution in [2.45, 2.75) is 43.4 Å². The minimum atomic E-state index is -1.69. The number of aliphatic hydroxyl groups is 1. The number of carboxylic acids is 1. The molecule has 4 amide bonds. The second-order valence-electron chi connectivity index (χ2n) is 8.72. The van der Waals surface area contributed by atoms with Gasteiger partial charge in [0.15, 0.2) is 0 Å². The fourth-order valence-electron chi connectivity index (χ4n) is 3.47. The number of hydrogen-bond acceptors (Lipinski definition) is 9. The summed E-state index contributed by atoms with van der Waals surface area (Å²) in [5, 5.41) is 44.6. The standard InChI is InChI=1S/C25H31N5O9/c26-17(9-13-1-5-15(32)6-2-13)22(35)28-18(10-14-3-7-16(33)8-4-14)23(36)30-20(12-31)24(37)29-19(25(38)39)11-21(27)34/h1-8,17-20,31-33H,9-12,26H2,(H2,27,34)(H,28,35)(H,29,37)(H,30,36)(H,38,39). The molecular weight excluding hydrogens is 514 g/mol. The highest BCUT2D eigenvalue weighted by Crippen LogP contribution is 2.13. The van der Waals surface area contributed by atoms with Gasteiger partial charge in [0, 0.05) is 6.42 Å². The summed E-state index contributed by atoms with van der Waals surface area (Å²) in [7, 11) is 0. The zero-order valence-corrected chi connectivity index (χ0v) is 20.7. The molecule has 0 aliphatic heterocycles. The van der Waals surface area contributed by atoms with E-state index in [1.165, 1.54) is 36.4 Å². The number of aliphatic carboxylic acids is 1. The van der Waals surface area contributed by atoms with E-state index in [4.69, 9.17) is 11.5 Å². The van der Waals surface area contributed by atoms with E-state index in [9.17, 15) is 44.4 Å². The zero-order valence-electron chi connectivity index (χ0n) is 20.7. The number of aromatic hydroxyl groups is 2. The van der Waals surface area contributed by atoms with Gasteiger partial charge in [-0.2, -0.15) is 0 Å². The Balaban J connectivity index is 2.17. The first kappa shape index (κ1) is 30.5. The van der Waals surface area contributed by atoms with Crippen molar-refractivity contribution in [1.29, 1.82) is 0 Å². The van der Waals surface area contributed by atoms with Gasteiger partial charge >= 0.3 is 5.97 Å². The predicted molar refractivity (Wildman–Crippen MR) is 136 cm³/mol. The first-order valence-corrected chi connectivity index (χ1v) is 11.7. The molecule has 0 fully saturated rings. The Hall–Kier alpha value is -4.69. The number of amides is 4. The molecule has 0 aromatic heterocycles. The highest BCUT2D eigenvalue weighted by atomic mass is 16.4. The van der Waals surface area contributed by atoms with Gasteiger partial charge in [-0.1, -0.05) is 24.3 Å². The van der Waals surface area contributed by atoms with Crippen molar-refractivity contribution in [3.8, 4) is 11.5 Å². The van der Waals surface area contributed by atoms with E-state index in [0.717, 1.165) is 0 Å². The topological polar surface area (TPSA) is 254 Å². The van der Waals surface area contributed by atoms with Crippen molar-refractivity contribution >= 4 is 29.6 Å². The van der Waals surface area contributed by atoms with Crippen LogP contribution in [0.3, 0.4) is 0 Å². The first-order chi connectivity index (χ1) is 18.4. The SMILES string of the molecule is NC(=O)CC(NC(=O)C(CO)NC(=O)C(Cc1ccc(O)cc1)NC(=O)C(N)Cc1ccc(O)cc1)C(=O)O. The zero-order chi connectivity index (χ0) is 29.1. The van der Waals surface area contributed by atoms with Gasteiger partial charge in [-0.05, 0) is 41.8 Å². The Labute approximate surface area is 223 Å². The van der Waals surface area contributed by atoms with Crippen LogP contribution >= 0.6 is 0 Å². The summed E-state index contributed by atoms with van der Waals surface area (Å²) in [6.07, 6.45) is -0.730. The Morgan fingerprint density at radius 1 is 0.692 bits per heavy atom. The van der Waals surface area contributed by atoms with Crippen molar-refractivity contribution in [2.75, 3.05) is 6.61 Å².